The van der Waals surface area contributed by atoms with Crippen molar-refractivity contribution in [3.63, 3.8) is 0 Å². The molecule has 0 radical (unpaired) electrons. The van der Waals surface area contributed by atoms with Crippen LogP contribution in [-0.4, -0.2) is 35.0 Å². The molecule has 2 aromatic rings. The summed E-state index contributed by atoms with van der Waals surface area (Å²) in [6.45, 7) is 0. The third-order valence-electron chi connectivity index (χ3n) is 5.09. The zero-order chi connectivity index (χ0) is 18.3. The molecule has 3 N–H and O–H groups in total. The number of rotatable bonds is 4. The van der Waals surface area contributed by atoms with Crippen LogP contribution in [0.2, 0.25) is 0 Å². The summed E-state index contributed by atoms with van der Waals surface area (Å²) in [6.07, 6.45) is 0.666. The molecule has 2 atom stereocenters. The standard InChI is InChI=1S/C20H18N2O4/c23-16-10-9-15(21-16)19(24)22-18(20(25)26)17-13-7-3-1-5-11(13)12-6-2-4-8-14(12)17/h1-8,15,17-18H,9-10H2,(H,21,23)(H,22,24)(H,25,26)/t15-,18+/m0/s1. The topological polar surface area (TPSA) is 95.5 Å². The number of fused-ring (bicyclic) bond motifs is 3. The number of hydrogen-bond acceptors (Lipinski definition) is 3. The molecule has 0 spiro atoms. The van der Waals surface area contributed by atoms with Crippen molar-refractivity contribution in [1.82, 2.24) is 10.6 Å². The van der Waals surface area contributed by atoms with Crippen molar-refractivity contribution in [3.8, 4) is 11.1 Å². The van der Waals surface area contributed by atoms with E-state index < -0.39 is 29.9 Å². The number of carboxylic acids is 1. The normalized spacial score (nSPS) is 19.4. The van der Waals surface area contributed by atoms with Crippen molar-refractivity contribution < 1.29 is 19.5 Å². The Bertz CT molecular complexity index is 863. The van der Waals surface area contributed by atoms with Crippen LogP contribution in [0.25, 0.3) is 11.1 Å². The van der Waals surface area contributed by atoms with Crippen LogP contribution in [0.15, 0.2) is 48.5 Å². The molecule has 2 aliphatic rings. The third-order valence-corrected chi connectivity index (χ3v) is 5.09. The minimum absolute atomic E-state index is 0.186. The fourth-order valence-corrected chi connectivity index (χ4v) is 3.91. The second-order valence-corrected chi connectivity index (χ2v) is 6.64. The molecule has 6 heteroatoms. The minimum Gasteiger partial charge on any atom is -0.480 e. The zero-order valence-electron chi connectivity index (χ0n) is 13.9. The molecule has 0 bridgehead atoms. The summed E-state index contributed by atoms with van der Waals surface area (Å²) in [4.78, 5) is 35.9. The number of benzene rings is 2. The lowest BCUT2D eigenvalue weighted by Crippen LogP contribution is -2.51. The van der Waals surface area contributed by atoms with Crippen LogP contribution in [0.5, 0.6) is 0 Å². The molecule has 4 rings (SSSR count). The summed E-state index contributed by atoms with van der Waals surface area (Å²) in [7, 11) is 0. The maximum atomic E-state index is 12.5. The molecular formula is C20H18N2O4. The lowest BCUT2D eigenvalue weighted by atomic mass is 9.89. The molecule has 2 aromatic carbocycles. The van der Waals surface area contributed by atoms with E-state index in [1.807, 2.05) is 48.5 Å². The van der Waals surface area contributed by atoms with Gasteiger partial charge in [-0.3, -0.25) is 9.59 Å². The highest BCUT2D eigenvalue weighted by molar-refractivity contribution is 5.94. The smallest absolute Gasteiger partial charge is 0.327 e. The summed E-state index contributed by atoms with van der Waals surface area (Å²) < 4.78 is 0. The van der Waals surface area contributed by atoms with E-state index in [-0.39, 0.29) is 12.3 Å². The van der Waals surface area contributed by atoms with Gasteiger partial charge in [-0.2, -0.15) is 0 Å². The van der Waals surface area contributed by atoms with E-state index in [4.69, 9.17) is 0 Å². The maximum absolute atomic E-state index is 12.5. The van der Waals surface area contributed by atoms with Gasteiger partial charge in [0.15, 0.2) is 0 Å². The van der Waals surface area contributed by atoms with E-state index in [2.05, 4.69) is 10.6 Å². The Labute approximate surface area is 150 Å². The van der Waals surface area contributed by atoms with Gasteiger partial charge in [-0.25, -0.2) is 4.79 Å². The van der Waals surface area contributed by atoms with Crippen LogP contribution >= 0.6 is 0 Å². The van der Waals surface area contributed by atoms with Gasteiger partial charge in [-0.05, 0) is 28.7 Å². The van der Waals surface area contributed by atoms with Gasteiger partial charge in [-0.15, -0.1) is 0 Å². The molecule has 1 heterocycles. The van der Waals surface area contributed by atoms with Gasteiger partial charge in [0.05, 0.1) is 0 Å². The molecule has 2 amide bonds. The largest absolute Gasteiger partial charge is 0.480 e. The molecule has 26 heavy (non-hydrogen) atoms. The molecule has 0 unspecified atom stereocenters. The average molecular weight is 350 g/mol. The quantitative estimate of drug-likeness (QED) is 0.781. The van der Waals surface area contributed by atoms with Crippen LogP contribution in [0.3, 0.4) is 0 Å². The molecular weight excluding hydrogens is 332 g/mol. The van der Waals surface area contributed by atoms with Crippen molar-refractivity contribution in [3.05, 3.63) is 59.7 Å². The first-order valence-corrected chi connectivity index (χ1v) is 8.57. The fourth-order valence-electron chi connectivity index (χ4n) is 3.91. The Hall–Kier alpha value is -3.15. The Morgan fingerprint density at radius 1 is 1.04 bits per heavy atom. The number of amides is 2. The van der Waals surface area contributed by atoms with Crippen molar-refractivity contribution in [2.75, 3.05) is 0 Å². The van der Waals surface area contributed by atoms with Gasteiger partial charge in [0.25, 0.3) is 0 Å². The van der Waals surface area contributed by atoms with Crippen molar-refractivity contribution in [1.29, 1.82) is 0 Å². The van der Waals surface area contributed by atoms with Gasteiger partial charge in [-0.1, -0.05) is 48.5 Å². The van der Waals surface area contributed by atoms with E-state index in [1.54, 1.807) is 0 Å². The predicted octanol–water partition coefficient (Wildman–Crippen LogP) is 1.65. The SMILES string of the molecule is O=C1CC[C@@H](C(=O)N[C@@H](C(=O)O)C2c3ccccc3-c3ccccc32)N1. The van der Waals surface area contributed by atoms with Crippen molar-refractivity contribution in [2.24, 2.45) is 0 Å². The first-order valence-electron chi connectivity index (χ1n) is 8.57. The molecule has 0 aromatic heterocycles. The number of carbonyl (C=O) groups excluding carboxylic acids is 2. The average Bonchev–Trinajstić information content (AvgIpc) is 3.21. The predicted molar refractivity (Wildman–Crippen MR) is 94.5 cm³/mol. The molecule has 132 valence electrons. The van der Waals surface area contributed by atoms with Crippen LogP contribution in [0.4, 0.5) is 0 Å². The highest BCUT2D eigenvalue weighted by Crippen LogP contribution is 2.46. The molecule has 6 nitrogen and oxygen atoms in total. The third kappa shape index (κ3) is 2.63. The van der Waals surface area contributed by atoms with Crippen molar-refractivity contribution >= 4 is 17.8 Å². The second kappa shape index (κ2) is 6.29. The van der Waals surface area contributed by atoms with Gasteiger partial charge >= 0.3 is 5.97 Å². The van der Waals surface area contributed by atoms with Crippen LogP contribution in [0, 0.1) is 0 Å². The fraction of sp³-hybridized carbons (Fsp3) is 0.250. The molecule has 1 fully saturated rings. The number of carbonyl (C=O) groups is 3. The van der Waals surface area contributed by atoms with E-state index >= 15 is 0 Å². The summed E-state index contributed by atoms with van der Waals surface area (Å²) in [6, 6.07) is 13.5. The lowest BCUT2D eigenvalue weighted by Gasteiger charge is -2.24. The maximum Gasteiger partial charge on any atom is 0.327 e. The van der Waals surface area contributed by atoms with Crippen LogP contribution < -0.4 is 10.6 Å². The van der Waals surface area contributed by atoms with Gasteiger partial charge < -0.3 is 15.7 Å². The number of aliphatic carboxylic acids is 1. The summed E-state index contributed by atoms with van der Waals surface area (Å²) >= 11 is 0. The first-order chi connectivity index (χ1) is 12.6. The molecule has 1 aliphatic carbocycles. The summed E-state index contributed by atoms with van der Waals surface area (Å²) in [5.74, 6) is -2.21. The Morgan fingerprint density at radius 3 is 2.12 bits per heavy atom. The zero-order valence-corrected chi connectivity index (χ0v) is 13.9. The van der Waals surface area contributed by atoms with Gasteiger partial charge in [0.2, 0.25) is 11.8 Å². The Morgan fingerprint density at radius 2 is 1.62 bits per heavy atom. The first kappa shape index (κ1) is 16.3. The van der Waals surface area contributed by atoms with Gasteiger partial charge in [0, 0.05) is 12.3 Å². The number of carboxylic acid groups (broad SMARTS) is 1. The van der Waals surface area contributed by atoms with E-state index in [1.165, 1.54) is 0 Å². The number of hydrogen-bond donors (Lipinski definition) is 3. The molecule has 1 aliphatic heterocycles. The Kier molecular flexibility index (Phi) is 3.95. The second-order valence-electron chi connectivity index (χ2n) is 6.64. The molecule has 0 saturated carbocycles. The highest BCUT2D eigenvalue weighted by atomic mass is 16.4. The van der Waals surface area contributed by atoms with Crippen LogP contribution in [0.1, 0.15) is 29.9 Å². The Balaban J connectivity index is 1.70. The van der Waals surface area contributed by atoms with Crippen molar-refractivity contribution in [2.45, 2.75) is 30.8 Å². The minimum atomic E-state index is -1.11. The monoisotopic (exact) mass is 350 g/mol. The molecule has 1 saturated heterocycles. The number of nitrogens with one attached hydrogen (secondary N) is 2. The van der Waals surface area contributed by atoms with E-state index in [0.717, 1.165) is 22.3 Å². The van der Waals surface area contributed by atoms with E-state index in [9.17, 15) is 19.5 Å². The highest BCUT2D eigenvalue weighted by Gasteiger charge is 2.40. The van der Waals surface area contributed by atoms with Crippen LogP contribution in [-0.2, 0) is 14.4 Å². The summed E-state index contributed by atoms with van der Waals surface area (Å²) in [5.41, 5.74) is 3.75. The lowest BCUT2D eigenvalue weighted by molar-refractivity contribution is -0.142. The summed E-state index contributed by atoms with van der Waals surface area (Å²) in [5, 5.41) is 15.1. The van der Waals surface area contributed by atoms with E-state index in [0.29, 0.717) is 6.42 Å². The van der Waals surface area contributed by atoms with Gasteiger partial charge in [0.1, 0.15) is 12.1 Å².